The average Bonchev–Trinajstić information content (AvgIpc) is 3.52. The summed E-state index contributed by atoms with van der Waals surface area (Å²) in [6, 6.07) is 17.6. The lowest BCUT2D eigenvalue weighted by Gasteiger charge is -2.12. The van der Waals surface area contributed by atoms with Gasteiger partial charge < -0.3 is 15.8 Å². The molecule has 1 aliphatic rings. The maximum atomic E-state index is 13.2. The molecule has 4 aromatic rings. The van der Waals surface area contributed by atoms with Crippen molar-refractivity contribution in [1.29, 1.82) is 0 Å². The zero-order valence-electron chi connectivity index (χ0n) is 18.6. The predicted octanol–water partition coefficient (Wildman–Crippen LogP) is 4.68. The first-order valence-electron chi connectivity index (χ1n) is 11.0. The van der Waals surface area contributed by atoms with Gasteiger partial charge in [-0.05, 0) is 71.8 Å². The van der Waals surface area contributed by atoms with Crippen LogP contribution in [0.15, 0.2) is 66.0 Å². The van der Waals surface area contributed by atoms with Gasteiger partial charge in [-0.2, -0.15) is 0 Å². The standard InChI is InChI=1S/C27H21N3O4S/c28-26(32)16-7-10-18(11-8-16)29-23(31)15-34-27(33)24-20-5-1-2-6-22(20)30-25-17(9-12-21(24)25)14-19-4-3-13-35-19/h1-8,10-11,13-14H,9,12,15H2,(H2,28,32)(H,29,31). The quantitative estimate of drug-likeness (QED) is 0.387. The van der Waals surface area contributed by atoms with Crippen molar-refractivity contribution in [1.82, 2.24) is 4.98 Å². The molecule has 0 saturated carbocycles. The molecule has 2 amide bonds. The van der Waals surface area contributed by atoms with E-state index in [2.05, 4.69) is 11.4 Å². The van der Waals surface area contributed by atoms with E-state index in [-0.39, 0.29) is 0 Å². The Morgan fingerprint density at radius 1 is 1.03 bits per heavy atom. The third-order valence-electron chi connectivity index (χ3n) is 5.79. The lowest BCUT2D eigenvalue weighted by atomic mass is 10.0. The highest BCUT2D eigenvalue weighted by Crippen LogP contribution is 2.38. The minimum atomic E-state index is -0.559. The van der Waals surface area contributed by atoms with E-state index in [0.717, 1.165) is 28.1 Å². The maximum Gasteiger partial charge on any atom is 0.339 e. The SMILES string of the molecule is NC(=O)c1ccc(NC(=O)COC(=O)c2c3c(nc4ccccc24)C(=Cc2cccs2)CC3)cc1. The lowest BCUT2D eigenvalue weighted by Crippen LogP contribution is -2.22. The van der Waals surface area contributed by atoms with Gasteiger partial charge in [0.2, 0.25) is 5.91 Å². The van der Waals surface area contributed by atoms with Crippen molar-refractivity contribution < 1.29 is 19.1 Å². The molecule has 0 unspecified atom stereocenters. The number of primary amides is 1. The number of benzene rings is 2. The first-order chi connectivity index (χ1) is 17.0. The number of nitrogens with two attached hydrogens (primary N) is 1. The second kappa shape index (κ2) is 9.52. The topological polar surface area (TPSA) is 111 Å². The van der Waals surface area contributed by atoms with E-state index >= 15 is 0 Å². The molecular formula is C27H21N3O4S. The molecule has 0 spiro atoms. The molecular weight excluding hydrogens is 462 g/mol. The number of rotatable bonds is 6. The molecule has 2 heterocycles. The number of carbonyl (C=O) groups is 3. The number of allylic oxidation sites excluding steroid dienone is 1. The van der Waals surface area contributed by atoms with E-state index < -0.39 is 24.4 Å². The van der Waals surface area contributed by atoms with Crippen molar-refractivity contribution in [2.75, 3.05) is 11.9 Å². The summed E-state index contributed by atoms with van der Waals surface area (Å²) in [6.07, 6.45) is 3.57. The Hall–Kier alpha value is -4.30. The zero-order chi connectivity index (χ0) is 24.4. The van der Waals surface area contributed by atoms with Crippen molar-refractivity contribution in [3.63, 3.8) is 0 Å². The second-order valence-electron chi connectivity index (χ2n) is 8.08. The summed E-state index contributed by atoms with van der Waals surface area (Å²) in [4.78, 5) is 42.8. The number of para-hydroxylation sites is 1. The van der Waals surface area contributed by atoms with Crippen LogP contribution in [0.1, 0.15) is 43.3 Å². The van der Waals surface area contributed by atoms with Crippen molar-refractivity contribution in [2.24, 2.45) is 5.73 Å². The van der Waals surface area contributed by atoms with Gasteiger partial charge in [-0.3, -0.25) is 9.59 Å². The van der Waals surface area contributed by atoms with Crippen LogP contribution in [0.25, 0.3) is 22.6 Å². The summed E-state index contributed by atoms with van der Waals surface area (Å²) >= 11 is 1.65. The van der Waals surface area contributed by atoms with Crippen LogP contribution < -0.4 is 11.1 Å². The van der Waals surface area contributed by atoms with Crippen molar-refractivity contribution in [2.45, 2.75) is 12.8 Å². The molecule has 0 atom stereocenters. The molecule has 174 valence electrons. The monoisotopic (exact) mass is 483 g/mol. The Morgan fingerprint density at radius 2 is 1.83 bits per heavy atom. The Morgan fingerprint density at radius 3 is 2.57 bits per heavy atom. The van der Waals surface area contributed by atoms with Gasteiger partial charge in [0.05, 0.1) is 16.8 Å². The van der Waals surface area contributed by atoms with Crippen LogP contribution >= 0.6 is 11.3 Å². The Bertz CT molecular complexity index is 1470. The van der Waals surface area contributed by atoms with Gasteiger partial charge in [0.15, 0.2) is 6.61 Å². The van der Waals surface area contributed by atoms with E-state index in [4.69, 9.17) is 15.5 Å². The molecule has 0 bridgehead atoms. The summed E-state index contributed by atoms with van der Waals surface area (Å²) in [7, 11) is 0. The number of fused-ring (bicyclic) bond motifs is 2. The molecule has 8 heteroatoms. The molecule has 3 N–H and O–H groups in total. The van der Waals surface area contributed by atoms with Crippen LogP contribution in [0.3, 0.4) is 0 Å². The van der Waals surface area contributed by atoms with E-state index in [9.17, 15) is 14.4 Å². The minimum Gasteiger partial charge on any atom is -0.452 e. The third kappa shape index (κ3) is 4.69. The van der Waals surface area contributed by atoms with Gasteiger partial charge in [-0.1, -0.05) is 24.3 Å². The number of hydrogen-bond acceptors (Lipinski definition) is 6. The summed E-state index contributed by atoms with van der Waals surface area (Å²) in [5, 5.41) is 5.38. The zero-order valence-corrected chi connectivity index (χ0v) is 19.4. The molecule has 0 radical (unpaired) electrons. The number of hydrogen-bond donors (Lipinski definition) is 2. The summed E-state index contributed by atoms with van der Waals surface area (Å²) in [6.45, 7) is -0.445. The fourth-order valence-corrected chi connectivity index (χ4v) is 4.86. The molecule has 0 saturated heterocycles. The Kier molecular flexibility index (Phi) is 6.12. The first kappa shape index (κ1) is 22.5. The number of anilines is 1. The van der Waals surface area contributed by atoms with Gasteiger partial charge in [-0.15, -0.1) is 11.3 Å². The van der Waals surface area contributed by atoms with Gasteiger partial charge >= 0.3 is 5.97 Å². The Labute approximate surface area is 205 Å². The van der Waals surface area contributed by atoms with Crippen LogP contribution in [0.4, 0.5) is 5.69 Å². The van der Waals surface area contributed by atoms with Crippen LogP contribution in [0.2, 0.25) is 0 Å². The van der Waals surface area contributed by atoms with Crippen molar-refractivity contribution >= 4 is 57.4 Å². The fourth-order valence-electron chi connectivity index (χ4n) is 4.18. The summed E-state index contributed by atoms with van der Waals surface area (Å²) in [5.41, 5.74) is 9.93. The molecule has 1 aliphatic carbocycles. The maximum absolute atomic E-state index is 13.2. The molecule has 35 heavy (non-hydrogen) atoms. The number of aromatic nitrogens is 1. The van der Waals surface area contributed by atoms with Gasteiger partial charge in [0.25, 0.3) is 5.91 Å². The van der Waals surface area contributed by atoms with Crippen LogP contribution in [0.5, 0.6) is 0 Å². The number of nitrogens with zero attached hydrogens (tertiary/aromatic N) is 1. The van der Waals surface area contributed by atoms with E-state index in [1.807, 2.05) is 41.8 Å². The lowest BCUT2D eigenvalue weighted by molar-refractivity contribution is -0.119. The number of thiophene rings is 1. The predicted molar refractivity (Wildman–Crippen MR) is 136 cm³/mol. The van der Waals surface area contributed by atoms with Gasteiger partial charge in [0.1, 0.15) is 0 Å². The molecule has 7 nitrogen and oxygen atoms in total. The van der Waals surface area contributed by atoms with Crippen molar-refractivity contribution in [3.05, 3.63) is 93.3 Å². The molecule has 2 aromatic heterocycles. The average molecular weight is 484 g/mol. The number of esters is 1. The first-order valence-corrected chi connectivity index (χ1v) is 11.9. The van der Waals surface area contributed by atoms with Gasteiger partial charge in [0, 0.05) is 21.5 Å². The summed E-state index contributed by atoms with van der Waals surface area (Å²) in [5.74, 6) is -1.60. The molecule has 0 fully saturated rings. The van der Waals surface area contributed by atoms with Gasteiger partial charge in [-0.25, -0.2) is 9.78 Å². The number of carbonyl (C=O) groups excluding carboxylic acids is 3. The van der Waals surface area contributed by atoms with Crippen molar-refractivity contribution in [3.8, 4) is 0 Å². The smallest absolute Gasteiger partial charge is 0.339 e. The highest BCUT2D eigenvalue weighted by molar-refractivity contribution is 7.10. The van der Waals surface area contributed by atoms with E-state index in [1.54, 1.807) is 23.5 Å². The number of amides is 2. The molecule has 0 aliphatic heterocycles. The highest BCUT2D eigenvalue weighted by Gasteiger charge is 2.28. The molecule has 2 aromatic carbocycles. The van der Waals surface area contributed by atoms with Crippen LogP contribution in [-0.2, 0) is 16.0 Å². The summed E-state index contributed by atoms with van der Waals surface area (Å²) < 4.78 is 5.43. The number of nitrogens with one attached hydrogen (secondary N) is 1. The third-order valence-corrected chi connectivity index (χ3v) is 6.61. The second-order valence-corrected chi connectivity index (χ2v) is 9.06. The van der Waals surface area contributed by atoms with Crippen LogP contribution in [-0.4, -0.2) is 29.4 Å². The fraction of sp³-hybridized carbons (Fsp3) is 0.111. The van der Waals surface area contributed by atoms with E-state index in [1.165, 1.54) is 12.1 Å². The molecule has 5 rings (SSSR count). The largest absolute Gasteiger partial charge is 0.452 e. The number of ether oxygens (including phenoxy) is 1. The number of pyridine rings is 1. The van der Waals surface area contributed by atoms with E-state index in [0.29, 0.717) is 34.1 Å². The Balaban J connectivity index is 1.38. The minimum absolute atomic E-state index is 0.334. The van der Waals surface area contributed by atoms with Crippen LogP contribution in [0, 0.1) is 0 Å². The normalized spacial score (nSPS) is 13.5. The highest BCUT2D eigenvalue weighted by atomic mass is 32.1.